The van der Waals surface area contributed by atoms with Crippen molar-refractivity contribution in [3.8, 4) is 0 Å². The van der Waals surface area contributed by atoms with E-state index in [1.54, 1.807) is 18.7 Å². The number of aliphatic hydroxyl groups is 1. The minimum atomic E-state index is -0.368. The average Bonchev–Trinajstić information content (AvgIpc) is 2.74. The van der Waals surface area contributed by atoms with E-state index in [2.05, 4.69) is 5.10 Å². The lowest BCUT2D eigenvalue weighted by atomic mass is 10.0. The monoisotopic (exact) mass is 262 g/mol. The Kier molecular flexibility index (Phi) is 4.35. The van der Waals surface area contributed by atoms with Crippen molar-refractivity contribution in [2.45, 2.75) is 24.9 Å². The lowest BCUT2D eigenvalue weighted by molar-refractivity contribution is 0.136. The van der Waals surface area contributed by atoms with Gasteiger partial charge in [-0.25, -0.2) is 9.48 Å². The molecule has 1 heterocycles. The molecule has 0 aliphatic heterocycles. The van der Waals surface area contributed by atoms with Gasteiger partial charge in [0.1, 0.15) is 5.82 Å². The minimum absolute atomic E-state index is 0. The average molecular weight is 263 g/mol. The molecule has 0 amide bonds. The van der Waals surface area contributed by atoms with E-state index in [-0.39, 0.29) is 36.0 Å². The summed E-state index contributed by atoms with van der Waals surface area (Å²) in [6, 6.07) is 0. The van der Waals surface area contributed by atoms with Crippen molar-refractivity contribution < 1.29 is 5.11 Å². The van der Waals surface area contributed by atoms with Gasteiger partial charge in [-0.15, -0.1) is 12.4 Å². The van der Waals surface area contributed by atoms with Crippen molar-refractivity contribution in [3.63, 3.8) is 0 Å². The zero-order valence-corrected chi connectivity index (χ0v) is 10.9. The molecule has 0 saturated heterocycles. The summed E-state index contributed by atoms with van der Waals surface area (Å²) in [5, 5.41) is 14.0. The molecule has 0 bridgehead atoms. The molecular weight excluding hydrogens is 244 g/mol. The molecule has 2 rings (SSSR count). The van der Waals surface area contributed by atoms with Gasteiger partial charge in [0.15, 0.2) is 0 Å². The van der Waals surface area contributed by atoms with Gasteiger partial charge in [-0.3, -0.25) is 4.57 Å². The number of aliphatic hydroxyl groups excluding tert-OH is 1. The van der Waals surface area contributed by atoms with Gasteiger partial charge >= 0.3 is 5.69 Å². The van der Waals surface area contributed by atoms with Crippen LogP contribution in [0.5, 0.6) is 0 Å². The van der Waals surface area contributed by atoms with E-state index in [9.17, 15) is 9.90 Å². The van der Waals surface area contributed by atoms with E-state index >= 15 is 0 Å². The number of nitrogens with two attached hydrogens (primary N) is 1. The molecule has 0 spiro atoms. The normalized spacial score (nSPS) is 28.1. The maximum absolute atomic E-state index is 11.6. The van der Waals surface area contributed by atoms with Gasteiger partial charge in [-0.05, 0) is 25.3 Å². The molecule has 6 nitrogen and oxygen atoms in total. The van der Waals surface area contributed by atoms with Crippen LogP contribution in [0.4, 0.5) is 0 Å². The first-order valence-electron chi connectivity index (χ1n) is 5.52. The Labute approximate surface area is 106 Å². The summed E-state index contributed by atoms with van der Waals surface area (Å²) in [4.78, 5) is 11.6. The van der Waals surface area contributed by atoms with Crippen LogP contribution in [0.25, 0.3) is 0 Å². The van der Waals surface area contributed by atoms with E-state index in [1.165, 1.54) is 4.68 Å². The molecule has 3 N–H and O–H groups in total. The van der Waals surface area contributed by atoms with Crippen LogP contribution >= 0.6 is 12.4 Å². The van der Waals surface area contributed by atoms with Gasteiger partial charge < -0.3 is 10.8 Å². The number of aromatic nitrogens is 3. The van der Waals surface area contributed by atoms with Gasteiger partial charge in [-0.2, -0.15) is 5.10 Å². The molecule has 1 aliphatic carbocycles. The van der Waals surface area contributed by atoms with Gasteiger partial charge in [0.25, 0.3) is 0 Å². The Morgan fingerprint density at radius 3 is 2.53 bits per heavy atom. The number of hydrogen-bond donors (Lipinski definition) is 2. The van der Waals surface area contributed by atoms with Gasteiger partial charge in [0, 0.05) is 20.0 Å². The molecule has 7 heteroatoms. The second-order valence-electron chi connectivity index (χ2n) is 4.55. The maximum atomic E-state index is 11.6. The Morgan fingerprint density at radius 2 is 2.12 bits per heavy atom. The summed E-state index contributed by atoms with van der Waals surface area (Å²) in [5.41, 5.74) is 5.46. The maximum Gasteiger partial charge on any atom is 0.345 e. The van der Waals surface area contributed by atoms with Crippen LogP contribution < -0.4 is 11.4 Å². The predicted molar refractivity (Wildman–Crippen MR) is 66.2 cm³/mol. The fourth-order valence-corrected chi connectivity index (χ4v) is 2.50. The second kappa shape index (κ2) is 5.20. The molecular formula is C10H19ClN4O2. The van der Waals surface area contributed by atoms with Crippen molar-refractivity contribution in [2.75, 3.05) is 6.54 Å². The predicted octanol–water partition coefficient (Wildman–Crippen LogP) is -0.646. The van der Waals surface area contributed by atoms with E-state index in [1.807, 2.05) is 0 Å². The van der Waals surface area contributed by atoms with Crippen LogP contribution in [-0.2, 0) is 14.1 Å². The first-order chi connectivity index (χ1) is 7.54. The van der Waals surface area contributed by atoms with Crippen LogP contribution in [-0.4, -0.2) is 32.1 Å². The van der Waals surface area contributed by atoms with Crippen LogP contribution in [0.2, 0.25) is 0 Å². The number of rotatable bonds is 2. The minimum Gasteiger partial charge on any atom is -0.393 e. The van der Waals surface area contributed by atoms with Crippen molar-refractivity contribution in [2.24, 2.45) is 25.7 Å². The van der Waals surface area contributed by atoms with Crippen molar-refractivity contribution >= 4 is 12.4 Å². The molecule has 1 aliphatic rings. The molecule has 1 aromatic heterocycles. The summed E-state index contributed by atoms with van der Waals surface area (Å²) in [7, 11) is 3.35. The number of hydrogen-bond acceptors (Lipinski definition) is 4. The zero-order valence-electron chi connectivity index (χ0n) is 10.0. The van der Waals surface area contributed by atoms with Crippen LogP contribution in [0.15, 0.2) is 4.79 Å². The van der Waals surface area contributed by atoms with Gasteiger partial charge in [-0.1, -0.05) is 0 Å². The summed E-state index contributed by atoms with van der Waals surface area (Å²) >= 11 is 0. The third kappa shape index (κ3) is 2.38. The topological polar surface area (TPSA) is 86.1 Å². The lowest BCUT2D eigenvalue weighted by Gasteiger charge is -2.09. The Morgan fingerprint density at radius 1 is 1.47 bits per heavy atom. The molecule has 0 aromatic carbocycles. The SMILES string of the molecule is Cl.Cn1nc([C@@H]2C[C@@H](CN)[C@@H](O)C2)n(C)c1=O. The Bertz CT molecular complexity index is 442. The van der Waals surface area contributed by atoms with E-state index in [4.69, 9.17) is 5.73 Å². The van der Waals surface area contributed by atoms with Gasteiger partial charge in [0.05, 0.1) is 6.10 Å². The fraction of sp³-hybridized carbons (Fsp3) is 0.800. The van der Waals surface area contributed by atoms with E-state index in [0.717, 1.165) is 12.2 Å². The smallest absolute Gasteiger partial charge is 0.345 e. The Hall–Kier alpha value is -0.850. The van der Waals surface area contributed by atoms with E-state index in [0.29, 0.717) is 13.0 Å². The zero-order chi connectivity index (χ0) is 11.9. The van der Waals surface area contributed by atoms with Crippen LogP contribution in [0, 0.1) is 5.92 Å². The molecule has 17 heavy (non-hydrogen) atoms. The lowest BCUT2D eigenvalue weighted by Crippen LogP contribution is -2.21. The highest BCUT2D eigenvalue weighted by Crippen LogP contribution is 2.36. The third-order valence-electron chi connectivity index (χ3n) is 3.49. The van der Waals surface area contributed by atoms with Crippen LogP contribution in [0.1, 0.15) is 24.6 Å². The summed E-state index contributed by atoms with van der Waals surface area (Å²) in [6.45, 7) is 0.485. The number of nitrogens with zero attached hydrogens (tertiary/aromatic N) is 3. The highest BCUT2D eigenvalue weighted by Gasteiger charge is 2.35. The first kappa shape index (κ1) is 14.2. The standard InChI is InChI=1S/C10H18N4O2.ClH/c1-13-9(12-14(2)10(13)16)6-3-7(5-11)8(15)4-6;/h6-8,15H,3-5,11H2,1-2H3;1H/t6-,7+,8+;/m1./s1. The molecule has 98 valence electrons. The molecule has 1 saturated carbocycles. The second-order valence-corrected chi connectivity index (χ2v) is 4.55. The number of halogens is 1. The third-order valence-corrected chi connectivity index (χ3v) is 3.49. The first-order valence-corrected chi connectivity index (χ1v) is 5.52. The highest BCUT2D eigenvalue weighted by molar-refractivity contribution is 5.85. The summed E-state index contributed by atoms with van der Waals surface area (Å²) in [6.07, 6.45) is 1.08. The molecule has 3 atom stereocenters. The molecule has 1 aromatic rings. The highest BCUT2D eigenvalue weighted by atomic mass is 35.5. The summed E-state index contributed by atoms with van der Waals surface area (Å²) in [5.74, 6) is 1.02. The van der Waals surface area contributed by atoms with Crippen molar-refractivity contribution in [1.82, 2.24) is 14.3 Å². The molecule has 1 fully saturated rings. The largest absolute Gasteiger partial charge is 0.393 e. The summed E-state index contributed by atoms with van der Waals surface area (Å²) < 4.78 is 2.88. The van der Waals surface area contributed by atoms with Crippen molar-refractivity contribution in [1.29, 1.82) is 0 Å². The number of aryl methyl sites for hydroxylation is 1. The van der Waals surface area contributed by atoms with Crippen molar-refractivity contribution in [3.05, 3.63) is 16.3 Å². The van der Waals surface area contributed by atoms with E-state index < -0.39 is 0 Å². The fourth-order valence-electron chi connectivity index (χ4n) is 2.50. The molecule has 0 unspecified atom stereocenters. The quantitative estimate of drug-likeness (QED) is 0.742. The molecule has 0 radical (unpaired) electrons. The Balaban J connectivity index is 0.00000144. The van der Waals surface area contributed by atoms with Gasteiger partial charge in [0.2, 0.25) is 0 Å². The van der Waals surface area contributed by atoms with Crippen LogP contribution in [0.3, 0.4) is 0 Å².